The van der Waals surface area contributed by atoms with Gasteiger partial charge in [0.05, 0.1) is 12.0 Å². The molecule has 16 heavy (non-hydrogen) atoms. The average Bonchev–Trinajstić information content (AvgIpc) is 2.30. The summed E-state index contributed by atoms with van der Waals surface area (Å²) in [4.78, 5) is 31.7. The van der Waals surface area contributed by atoms with Crippen molar-refractivity contribution >= 4 is 17.9 Å². The highest BCUT2D eigenvalue weighted by atomic mass is 16.6. The van der Waals surface area contributed by atoms with Crippen LogP contribution in [-0.4, -0.2) is 24.3 Å². The number of nitrogens with zero attached hydrogens (tertiary/aromatic N) is 1. The Balaban J connectivity index is 2.99. The maximum absolute atomic E-state index is 11.2. The Hall–Kier alpha value is -2.24. The highest BCUT2D eigenvalue weighted by Crippen LogP contribution is 2.19. The smallest absolute Gasteiger partial charge is 0.320 e. The van der Waals surface area contributed by atoms with E-state index in [0.29, 0.717) is 11.8 Å². The number of rotatable bonds is 4. The molecule has 6 heteroatoms. The molecule has 1 unspecified atom stereocenters. The van der Waals surface area contributed by atoms with E-state index in [-0.39, 0.29) is 5.69 Å². The van der Waals surface area contributed by atoms with Crippen LogP contribution >= 0.6 is 0 Å². The zero-order valence-corrected chi connectivity index (χ0v) is 8.45. The largest absolute Gasteiger partial charge is 0.468 e. The maximum atomic E-state index is 11.2. The quantitative estimate of drug-likeness (QED) is 0.250. The summed E-state index contributed by atoms with van der Waals surface area (Å²) >= 11 is 0. The van der Waals surface area contributed by atoms with Crippen LogP contribution in [0, 0.1) is 10.1 Å². The van der Waals surface area contributed by atoms with Crippen molar-refractivity contribution in [2.24, 2.45) is 0 Å². The van der Waals surface area contributed by atoms with Crippen molar-refractivity contribution in [3.63, 3.8) is 0 Å². The first kappa shape index (κ1) is 11.8. The number of hydrogen-bond acceptors (Lipinski definition) is 5. The lowest BCUT2D eigenvalue weighted by Gasteiger charge is -2.07. The van der Waals surface area contributed by atoms with Gasteiger partial charge in [-0.15, -0.1) is 0 Å². The van der Waals surface area contributed by atoms with Gasteiger partial charge < -0.3 is 9.53 Å². The van der Waals surface area contributed by atoms with Gasteiger partial charge in [-0.1, -0.05) is 12.1 Å². The van der Waals surface area contributed by atoms with Crippen molar-refractivity contribution in [3.05, 3.63) is 39.9 Å². The summed E-state index contributed by atoms with van der Waals surface area (Å²) in [6.45, 7) is 0. The highest BCUT2D eigenvalue weighted by molar-refractivity contribution is 5.94. The Morgan fingerprint density at radius 2 is 2.00 bits per heavy atom. The van der Waals surface area contributed by atoms with Crippen LogP contribution in [-0.2, 0) is 14.3 Å². The van der Waals surface area contributed by atoms with Gasteiger partial charge in [0.25, 0.3) is 5.69 Å². The van der Waals surface area contributed by atoms with E-state index in [9.17, 15) is 19.7 Å². The molecular formula is C10H9NO5. The van der Waals surface area contributed by atoms with Gasteiger partial charge in [-0.05, 0) is 5.56 Å². The Kier molecular flexibility index (Phi) is 3.71. The normalized spacial score (nSPS) is 11.6. The van der Waals surface area contributed by atoms with Gasteiger partial charge in [-0.25, -0.2) is 0 Å². The van der Waals surface area contributed by atoms with Crippen LogP contribution in [0.2, 0.25) is 0 Å². The number of ether oxygens (including phenoxy) is 1. The van der Waals surface area contributed by atoms with Gasteiger partial charge >= 0.3 is 5.97 Å². The van der Waals surface area contributed by atoms with Gasteiger partial charge in [0.15, 0.2) is 0 Å². The first-order valence-electron chi connectivity index (χ1n) is 4.37. The third kappa shape index (κ3) is 2.41. The molecule has 0 aliphatic heterocycles. The second-order valence-corrected chi connectivity index (χ2v) is 2.99. The molecule has 6 nitrogen and oxygen atoms in total. The zero-order valence-electron chi connectivity index (χ0n) is 8.45. The molecule has 0 saturated carbocycles. The minimum Gasteiger partial charge on any atom is -0.468 e. The topological polar surface area (TPSA) is 86.5 Å². The molecule has 0 radical (unpaired) electrons. The summed E-state index contributed by atoms with van der Waals surface area (Å²) in [6, 6.07) is 5.17. The molecule has 0 aromatic heterocycles. The number of carbonyl (C=O) groups excluding carboxylic acids is 2. The molecule has 0 amide bonds. The van der Waals surface area contributed by atoms with Crippen molar-refractivity contribution in [2.75, 3.05) is 7.11 Å². The molecule has 0 saturated heterocycles. The van der Waals surface area contributed by atoms with E-state index in [1.165, 1.54) is 31.4 Å². The minimum atomic E-state index is -1.04. The summed E-state index contributed by atoms with van der Waals surface area (Å²) < 4.78 is 4.43. The van der Waals surface area contributed by atoms with Gasteiger partial charge in [-0.2, -0.15) is 0 Å². The number of aldehydes is 1. The molecule has 0 spiro atoms. The molecule has 0 fully saturated rings. The Labute approximate surface area is 91.0 Å². The number of hydrogen-bond donors (Lipinski definition) is 0. The van der Waals surface area contributed by atoms with Gasteiger partial charge in [-0.3, -0.25) is 14.9 Å². The summed E-state index contributed by atoms with van der Waals surface area (Å²) in [5, 5.41) is 10.4. The fraction of sp³-hybridized carbons (Fsp3) is 0.200. The summed E-state index contributed by atoms with van der Waals surface area (Å²) in [7, 11) is 1.17. The standard InChI is InChI=1S/C10H9NO5/c1-16-10(13)9(6-12)7-2-4-8(5-3-7)11(14)15/h2-6,9H,1H3. The van der Waals surface area contributed by atoms with Gasteiger partial charge in [0.2, 0.25) is 0 Å². The van der Waals surface area contributed by atoms with Crippen LogP contribution in [0.1, 0.15) is 11.5 Å². The lowest BCUT2D eigenvalue weighted by Crippen LogP contribution is -2.15. The Morgan fingerprint density at radius 1 is 1.44 bits per heavy atom. The van der Waals surface area contributed by atoms with Crippen molar-refractivity contribution < 1.29 is 19.2 Å². The van der Waals surface area contributed by atoms with Crippen LogP contribution in [0.15, 0.2) is 24.3 Å². The predicted octanol–water partition coefficient (Wildman–Crippen LogP) is 1.05. The second-order valence-electron chi connectivity index (χ2n) is 2.99. The number of methoxy groups -OCH3 is 1. The van der Waals surface area contributed by atoms with Crippen LogP contribution < -0.4 is 0 Å². The molecular weight excluding hydrogens is 214 g/mol. The fourth-order valence-electron chi connectivity index (χ4n) is 1.20. The van der Waals surface area contributed by atoms with Crippen molar-refractivity contribution in [1.29, 1.82) is 0 Å². The lowest BCUT2D eigenvalue weighted by atomic mass is 10.0. The zero-order chi connectivity index (χ0) is 12.1. The Bertz CT molecular complexity index is 412. The van der Waals surface area contributed by atoms with E-state index in [1.54, 1.807) is 0 Å². The molecule has 0 aliphatic carbocycles. The first-order chi connectivity index (χ1) is 7.60. The molecule has 1 aromatic carbocycles. The van der Waals surface area contributed by atoms with Crippen LogP contribution in [0.25, 0.3) is 0 Å². The molecule has 0 heterocycles. The average molecular weight is 223 g/mol. The van der Waals surface area contributed by atoms with E-state index >= 15 is 0 Å². The molecule has 1 rings (SSSR count). The second kappa shape index (κ2) is 5.01. The monoisotopic (exact) mass is 223 g/mol. The number of nitro benzene ring substituents is 1. The van der Waals surface area contributed by atoms with Gasteiger partial charge in [0, 0.05) is 12.1 Å². The van der Waals surface area contributed by atoms with Crippen molar-refractivity contribution in [3.8, 4) is 0 Å². The highest BCUT2D eigenvalue weighted by Gasteiger charge is 2.21. The fourth-order valence-corrected chi connectivity index (χ4v) is 1.20. The molecule has 84 valence electrons. The molecule has 1 atom stereocenters. The van der Waals surface area contributed by atoms with Crippen LogP contribution in [0.3, 0.4) is 0 Å². The lowest BCUT2D eigenvalue weighted by molar-refractivity contribution is -0.384. The number of nitro groups is 1. The van der Waals surface area contributed by atoms with Crippen molar-refractivity contribution in [2.45, 2.75) is 5.92 Å². The number of benzene rings is 1. The Morgan fingerprint density at radius 3 is 2.38 bits per heavy atom. The maximum Gasteiger partial charge on any atom is 0.320 e. The van der Waals surface area contributed by atoms with Crippen LogP contribution in [0.4, 0.5) is 5.69 Å². The number of esters is 1. The van der Waals surface area contributed by atoms with E-state index in [0.717, 1.165) is 0 Å². The number of non-ortho nitro benzene ring substituents is 1. The summed E-state index contributed by atoms with van der Waals surface area (Å²) in [5.41, 5.74) is 0.269. The predicted molar refractivity (Wildman–Crippen MR) is 53.9 cm³/mol. The first-order valence-corrected chi connectivity index (χ1v) is 4.37. The van der Waals surface area contributed by atoms with E-state index in [4.69, 9.17) is 0 Å². The van der Waals surface area contributed by atoms with Crippen molar-refractivity contribution in [1.82, 2.24) is 0 Å². The molecule has 0 N–H and O–H groups in total. The van der Waals surface area contributed by atoms with E-state index in [2.05, 4.69) is 4.74 Å². The minimum absolute atomic E-state index is 0.0988. The SMILES string of the molecule is COC(=O)C(C=O)c1ccc([N+](=O)[O-])cc1. The van der Waals surface area contributed by atoms with E-state index in [1.807, 2.05) is 0 Å². The van der Waals surface area contributed by atoms with Gasteiger partial charge in [0.1, 0.15) is 12.2 Å². The van der Waals surface area contributed by atoms with Crippen LogP contribution in [0.5, 0.6) is 0 Å². The third-order valence-corrected chi connectivity index (χ3v) is 2.05. The molecule has 0 aliphatic rings. The summed E-state index contributed by atoms with van der Waals surface area (Å²) in [6.07, 6.45) is 0.438. The third-order valence-electron chi connectivity index (χ3n) is 2.05. The molecule has 1 aromatic rings. The van der Waals surface area contributed by atoms with E-state index < -0.39 is 16.8 Å². The summed E-state index contributed by atoms with van der Waals surface area (Å²) in [5.74, 6) is -1.73. The molecule has 0 bridgehead atoms. The number of carbonyl (C=O) groups is 2.